The van der Waals surface area contributed by atoms with Gasteiger partial charge in [0.1, 0.15) is 24.5 Å². The predicted molar refractivity (Wildman–Crippen MR) is 107 cm³/mol. The summed E-state index contributed by atoms with van der Waals surface area (Å²) in [5.41, 5.74) is 3.13. The van der Waals surface area contributed by atoms with Gasteiger partial charge in [-0.25, -0.2) is 15.0 Å². The number of rotatable bonds is 7. The number of carbonyl (C=O) groups excluding carboxylic acids is 1. The van der Waals surface area contributed by atoms with Gasteiger partial charge >= 0.3 is 0 Å². The predicted octanol–water partition coefficient (Wildman–Crippen LogP) is 1.78. The number of imidazole rings is 1. The molecule has 1 aliphatic rings. The average Bonchev–Trinajstić information content (AvgIpc) is 3.31. The number of fused-ring (bicyclic) bond motifs is 1. The zero-order valence-corrected chi connectivity index (χ0v) is 16.8. The number of aromatic nitrogens is 5. The van der Waals surface area contributed by atoms with Gasteiger partial charge in [-0.15, -0.1) is 0 Å². The lowest BCUT2D eigenvalue weighted by Crippen LogP contribution is -2.26. The molecule has 0 bridgehead atoms. The summed E-state index contributed by atoms with van der Waals surface area (Å²) in [7, 11) is 3.52. The molecular weight excluding hydrogens is 372 g/mol. The minimum Gasteiger partial charge on any atom is -0.481 e. The van der Waals surface area contributed by atoms with Crippen molar-refractivity contribution in [2.75, 3.05) is 26.7 Å². The lowest BCUT2D eigenvalue weighted by atomic mass is 10.2. The minimum atomic E-state index is 0.0232. The normalized spacial score (nSPS) is 17.0. The highest BCUT2D eigenvalue weighted by molar-refractivity contribution is 5.81. The van der Waals surface area contributed by atoms with E-state index in [0.717, 1.165) is 49.3 Å². The summed E-state index contributed by atoms with van der Waals surface area (Å²) in [6, 6.07) is 1.99. The number of methoxy groups -OCH3 is 1. The van der Waals surface area contributed by atoms with Gasteiger partial charge < -0.3 is 18.8 Å². The van der Waals surface area contributed by atoms with Gasteiger partial charge in [-0.2, -0.15) is 4.98 Å². The molecule has 1 saturated heterocycles. The van der Waals surface area contributed by atoms with Crippen molar-refractivity contribution in [3.63, 3.8) is 0 Å². The molecule has 4 heterocycles. The van der Waals surface area contributed by atoms with Crippen molar-refractivity contribution < 1.29 is 14.3 Å². The highest BCUT2D eigenvalue weighted by Gasteiger charge is 2.26. The van der Waals surface area contributed by atoms with Crippen LogP contribution in [0.2, 0.25) is 0 Å². The fraction of sp³-hybridized carbons (Fsp3) is 0.450. The lowest BCUT2D eigenvalue weighted by Gasteiger charge is -2.15. The van der Waals surface area contributed by atoms with Crippen molar-refractivity contribution in [1.29, 1.82) is 0 Å². The molecule has 0 aromatic carbocycles. The third kappa shape index (κ3) is 3.77. The molecule has 0 aliphatic carbocycles. The number of aryl methyl sites for hydroxylation is 2. The molecule has 0 amide bonds. The first-order chi connectivity index (χ1) is 14.1. The zero-order valence-electron chi connectivity index (χ0n) is 16.8. The van der Waals surface area contributed by atoms with Gasteiger partial charge in [0.15, 0.2) is 11.2 Å². The van der Waals surface area contributed by atoms with E-state index in [4.69, 9.17) is 14.5 Å². The molecule has 9 nitrogen and oxygen atoms in total. The highest BCUT2D eigenvalue weighted by Crippen LogP contribution is 2.29. The summed E-state index contributed by atoms with van der Waals surface area (Å²) in [5.74, 6) is 1.82. The standard InChI is InChI=1S/C20H24N6O3/c1-13-9-14(10-21-19(13)28-3)17-24-16-18(25(17)2)22-12-23-20(16)29-15-5-7-26(11-15)6-4-8-27/h8-10,12,15H,4-7,11H2,1-3H3. The molecule has 3 aromatic rings. The van der Waals surface area contributed by atoms with Crippen molar-refractivity contribution >= 4 is 17.5 Å². The third-order valence-corrected chi connectivity index (χ3v) is 5.17. The maximum absolute atomic E-state index is 10.6. The monoisotopic (exact) mass is 396 g/mol. The molecule has 0 N–H and O–H groups in total. The van der Waals surface area contributed by atoms with Crippen LogP contribution in [0.3, 0.4) is 0 Å². The molecule has 1 fully saturated rings. The molecule has 4 rings (SSSR count). The largest absolute Gasteiger partial charge is 0.481 e. The van der Waals surface area contributed by atoms with Gasteiger partial charge in [-0.3, -0.25) is 4.90 Å². The van der Waals surface area contributed by atoms with Crippen LogP contribution in [0.1, 0.15) is 18.4 Å². The Labute approximate surface area is 168 Å². The molecule has 0 spiro atoms. The number of hydrogen-bond donors (Lipinski definition) is 0. The van der Waals surface area contributed by atoms with E-state index in [2.05, 4.69) is 19.9 Å². The summed E-state index contributed by atoms with van der Waals surface area (Å²) in [4.78, 5) is 30.7. The number of hydrogen-bond acceptors (Lipinski definition) is 8. The van der Waals surface area contributed by atoms with Crippen molar-refractivity contribution in [2.24, 2.45) is 7.05 Å². The number of likely N-dealkylation sites (tertiary alicyclic amines) is 1. The van der Waals surface area contributed by atoms with Crippen LogP contribution in [0.4, 0.5) is 0 Å². The van der Waals surface area contributed by atoms with Gasteiger partial charge in [0.25, 0.3) is 0 Å². The number of ether oxygens (including phenoxy) is 2. The van der Waals surface area contributed by atoms with Crippen molar-refractivity contribution in [1.82, 2.24) is 29.4 Å². The lowest BCUT2D eigenvalue weighted by molar-refractivity contribution is -0.108. The summed E-state index contributed by atoms with van der Waals surface area (Å²) in [5, 5.41) is 0. The molecule has 29 heavy (non-hydrogen) atoms. The van der Waals surface area contributed by atoms with Gasteiger partial charge in [0, 0.05) is 50.4 Å². The van der Waals surface area contributed by atoms with Crippen LogP contribution in [0, 0.1) is 6.92 Å². The van der Waals surface area contributed by atoms with E-state index in [-0.39, 0.29) is 6.10 Å². The first-order valence-corrected chi connectivity index (χ1v) is 9.61. The smallest absolute Gasteiger partial charge is 0.245 e. The van der Waals surface area contributed by atoms with Crippen molar-refractivity contribution in [3.05, 3.63) is 24.2 Å². The van der Waals surface area contributed by atoms with Gasteiger partial charge in [0.05, 0.1) is 7.11 Å². The molecule has 1 atom stereocenters. The molecular formula is C20H24N6O3. The first-order valence-electron chi connectivity index (χ1n) is 9.61. The first kappa shape index (κ1) is 19.3. The van der Waals surface area contributed by atoms with E-state index in [9.17, 15) is 4.79 Å². The van der Waals surface area contributed by atoms with Gasteiger partial charge in [-0.05, 0) is 19.4 Å². The number of nitrogens with zero attached hydrogens (tertiary/aromatic N) is 6. The van der Waals surface area contributed by atoms with Crippen LogP contribution in [0.5, 0.6) is 11.8 Å². The maximum atomic E-state index is 10.6. The van der Waals surface area contributed by atoms with E-state index in [1.807, 2.05) is 24.6 Å². The zero-order chi connectivity index (χ0) is 20.4. The van der Waals surface area contributed by atoms with Crippen molar-refractivity contribution in [2.45, 2.75) is 25.9 Å². The Hall–Kier alpha value is -3.07. The summed E-state index contributed by atoms with van der Waals surface area (Å²) in [6.07, 6.45) is 5.65. The Bertz CT molecular complexity index is 1030. The van der Waals surface area contributed by atoms with Crippen LogP contribution in [0.25, 0.3) is 22.6 Å². The summed E-state index contributed by atoms with van der Waals surface area (Å²) in [6.45, 7) is 4.40. The quantitative estimate of drug-likeness (QED) is 0.558. The van der Waals surface area contributed by atoms with Crippen LogP contribution < -0.4 is 9.47 Å². The Morgan fingerprint density at radius 1 is 1.28 bits per heavy atom. The molecule has 1 unspecified atom stereocenters. The van der Waals surface area contributed by atoms with Gasteiger partial charge in [-0.1, -0.05) is 0 Å². The molecule has 0 radical (unpaired) electrons. The minimum absolute atomic E-state index is 0.0232. The van der Waals surface area contributed by atoms with Crippen LogP contribution >= 0.6 is 0 Å². The summed E-state index contributed by atoms with van der Waals surface area (Å²) >= 11 is 0. The molecule has 152 valence electrons. The van der Waals surface area contributed by atoms with Crippen molar-refractivity contribution in [3.8, 4) is 23.1 Å². The third-order valence-electron chi connectivity index (χ3n) is 5.17. The second kappa shape index (κ2) is 8.12. The number of pyridine rings is 1. The van der Waals surface area contributed by atoms with E-state index in [1.54, 1.807) is 13.3 Å². The van der Waals surface area contributed by atoms with E-state index >= 15 is 0 Å². The molecule has 9 heteroatoms. The fourth-order valence-electron chi connectivity index (χ4n) is 3.71. The Morgan fingerprint density at radius 3 is 2.90 bits per heavy atom. The number of aldehydes is 1. The van der Waals surface area contributed by atoms with Gasteiger partial charge in [0.2, 0.25) is 11.8 Å². The summed E-state index contributed by atoms with van der Waals surface area (Å²) < 4.78 is 13.3. The second-order valence-corrected chi connectivity index (χ2v) is 7.18. The van der Waals surface area contributed by atoms with E-state index in [0.29, 0.717) is 29.3 Å². The SMILES string of the molecule is COc1ncc(-c2nc3c(OC4CCN(CCC=O)C4)ncnc3n2C)cc1C. The molecule has 3 aromatic heterocycles. The maximum Gasteiger partial charge on any atom is 0.245 e. The number of carbonyl (C=O) groups is 1. The highest BCUT2D eigenvalue weighted by atomic mass is 16.5. The Kier molecular flexibility index (Phi) is 5.39. The Balaban J connectivity index is 1.62. The Morgan fingerprint density at radius 2 is 2.14 bits per heavy atom. The van der Waals surface area contributed by atoms with Crippen LogP contribution in [-0.2, 0) is 11.8 Å². The van der Waals surface area contributed by atoms with E-state index < -0.39 is 0 Å². The fourth-order valence-corrected chi connectivity index (χ4v) is 3.71. The van der Waals surface area contributed by atoms with Crippen LogP contribution in [-0.4, -0.2) is 68.5 Å². The molecule has 1 aliphatic heterocycles. The second-order valence-electron chi connectivity index (χ2n) is 7.18. The van der Waals surface area contributed by atoms with E-state index in [1.165, 1.54) is 6.33 Å². The van der Waals surface area contributed by atoms with Crippen LogP contribution in [0.15, 0.2) is 18.6 Å². The molecule has 0 saturated carbocycles. The average molecular weight is 396 g/mol. The topological polar surface area (TPSA) is 95.3 Å².